The van der Waals surface area contributed by atoms with Crippen LogP contribution in [0.2, 0.25) is 0 Å². The number of phenolic OH excluding ortho intramolecular Hbond substituents is 1. The van der Waals surface area contributed by atoms with Gasteiger partial charge in [-0.3, -0.25) is 4.90 Å². The second kappa shape index (κ2) is 13.2. The summed E-state index contributed by atoms with van der Waals surface area (Å²) in [7, 11) is 0. The number of hydrogen-bond donors (Lipinski definition) is 1. The molecule has 2 nitrogen and oxygen atoms in total. The van der Waals surface area contributed by atoms with Gasteiger partial charge < -0.3 is 5.11 Å². The zero-order valence-corrected chi connectivity index (χ0v) is 18.0. The molecule has 2 rings (SSSR count). The summed E-state index contributed by atoms with van der Waals surface area (Å²) in [6.07, 6.45) is 19.0. The molecule has 0 bridgehead atoms. The first-order chi connectivity index (χ1) is 13.2. The number of benzene rings is 1. The monoisotopic (exact) mass is 373 g/mol. The lowest BCUT2D eigenvalue weighted by Crippen LogP contribution is -2.40. The van der Waals surface area contributed by atoms with Crippen molar-refractivity contribution in [1.82, 2.24) is 4.90 Å². The molecule has 0 radical (unpaired) electrons. The number of aromatic hydroxyl groups is 1. The molecule has 0 spiro atoms. The van der Waals surface area contributed by atoms with Crippen molar-refractivity contribution in [3.63, 3.8) is 0 Å². The lowest BCUT2D eigenvalue weighted by Gasteiger charge is -2.37. The Morgan fingerprint density at radius 3 is 2.15 bits per heavy atom. The predicted molar refractivity (Wildman–Crippen MR) is 117 cm³/mol. The van der Waals surface area contributed by atoms with Crippen molar-refractivity contribution in [3.8, 4) is 5.75 Å². The normalized spacial score (nSPS) is 17.2. The molecule has 0 aliphatic carbocycles. The van der Waals surface area contributed by atoms with Crippen molar-refractivity contribution in [2.75, 3.05) is 6.54 Å². The maximum atomic E-state index is 9.86. The van der Waals surface area contributed by atoms with E-state index in [9.17, 15) is 5.11 Å². The Kier molecular flexibility index (Phi) is 10.9. The summed E-state index contributed by atoms with van der Waals surface area (Å²) in [6, 6.07) is 6.71. The van der Waals surface area contributed by atoms with Crippen LogP contribution in [-0.2, 0) is 13.0 Å². The number of nitrogens with zero attached hydrogens (tertiary/aromatic N) is 1. The van der Waals surface area contributed by atoms with Crippen molar-refractivity contribution >= 4 is 0 Å². The van der Waals surface area contributed by atoms with E-state index in [4.69, 9.17) is 0 Å². The molecule has 0 amide bonds. The van der Waals surface area contributed by atoms with Crippen molar-refractivity contribution in [2.24, 2.45) is 0 Å². The van der Waals surface area contributed by atoms with E-state index in [1.807, 2.05) is 12.1 Å². The second-order valence-corrected chi connectivity index (χ2v) is 8.61. The molecule has 1 atom stereocenters. The summed E-state index contributed by atoms with van der Waals surface area (Å²) in [5, 5.41) is 9.86. The molecule has 1 aromatic carbocycles. The SMILES string of the molecule is CCCCCCCC[C@@H]1Cc2ccc(O)cc2CN1CCCCCCCC. The fourth-order valence-electron chi connectivity index (χ4n) is 4.49. The van der Waals surface area contributed by atoms with Gasteiger partial charge in [0.15, 0.2) is 0 Å². The molecular weight excluding hydrogens is 330 g/mol. The number of phenols is 1. The Labute approximate surface area is 168 Å². The molecule has 0 saturated carbocycles. The highest BCUT2D eigenvalue weighted by atomic mass is 16.3. The fourth-order valence-corrected chi connectivity index (χ4v) is 4.49. The summed E-state index contributed by atoms with van der Waals surface area (Å²) in [5.41, 5.74) is 2.81. The standard InChI is InChI=1S/C25H43NO/c1-3-5-7-9-11-13-15-24-19-22-16-17-25(27)20-23(22)21-26(24)18-14-12-10-8-6-4-2/h16-17,20,24,27H,3-15,18-19,21H2,1-2H3/t24-/m1/s1. The van der Waals surface area contributed by atoms with Gasteiger partial charge in [-0.05, 0) is 49.1 Å². The minimum absolute atomic E-state index is 0.419. The van der Waals surface area contributed by atoms with Crippen LogP contribution < -0.4 is 0 Å². The highest BCUT2D eigenvalue weighted by Gasteiger charge is 2.25. The minimum atomic E-state index is 0.419. The maximum absolute atomic E-state index is 9.86. The largest absolute Gasteiger partial charge is 0.508 e. The Bertz CT molecular complexity index is 513. The van der Waals surface area contributed by atoms with Crippen LogP contribution in [0.5, 0.6) is 5.75 Å². The number of rotatable bonds is 14. The first-order valence-corrected chi connectivity index (χ1v) is 11.8. The van der Waals surface area contributed by atoms with E-state index in [2.05, 4.69) is 24.8 Å². The van der Waals surface area contributed by atoms with Gasteiger partial charge in [-0.1, -0.05) is 90.5 Å². The molecule has 1 heterocycles. The van der Waals surface area contributed by atoms with Crippen LogP contribution in [0.25, 0.3) is 0 Å². The van der Waals surface area contributed by atoms with Crippen molar-refractivity contribution < 1.29 is 5.11 Å². The second-order valence-electron chi connectivity index (χ2n) is 8.61. The lowest BCUT2D eigenvalue weighted by atomic mass is 9.90. The molecule has 1 aromatic rings. The van der Waals surface area contributed by atoms with E-state index in [1.54, 1.807) is 0 Å². The average molecular weight is 374 g/mol. The van der Waals surface area contributed by atoms with Crippen LogP contribution in [0.1, 0.15) is 108 Å². The third-order valence-corrected chi connectivity index (χ3v) is 6.23. The molecule has 0 saturated heterocycles. The smallest absolute Gasteiger partial charge is 0.115 e. The first-order valence-electron chi connectivity index (χ1n) is 11.8. The molecule has 1 aliphatic heterocycles. The Morgan fingerprint density at radius 2 is 1.44 bits per heavy atom. The number of unbranched alkanes of at least 4 members (excludes halogenated alkanes) is 10. The Balaban J connectivity index is 1.82. The predicted octanol–water partition coefficient (Wildman–Crippen LogP) is 7.23. The third-order valence-electron chi connectivity index (χ3n) is 6.23. The summed E-state index contributed by atoms with van der Waals surface area (Å²) in [6.45, 7) is 6.83. The van der Waals surface area contributed by atoms with Gasteiger partial charge in [0, 0.05) is 12.6 Å². The highest BCUT2D eigenvalue weighted by Crippen LogP contribution is 2.29. The van der Waals surface area contributed by atoms with Gasteiger partial charge in [-0.25, -0.2) is 0 Å². The van der Waals surface area contributed by atoms with E-state index in [0.717, 1.165) is 6.54 Å². The summed E-state index contributed by atoms with van der Waals surface area (Å²) < 4.78 is 0. The van der Waals surface area contributed by atoms with Crippen LogP contribution in [0.15, 0.2) is 18.2 Å². The summed E-state index contributed by atoms with van der Waals surface area (Å²) in [4.78, 5) is 2.72. The van der Waals surface area contributed by atoms with Gasteiger partial charge in [0.2, 0.25) is 0 Å². The van der Waals surface area contributed by atoms with E-state index in [0.29, 0.717) is 11.8 Å². The minimum Gasteiger partial charge on any atom is -0.508 e. The Hall–Kier alpha value is -1.02. The number of hydrogen-bond acceptors (Lipinski definition) is 2. The molecule has 154 valence electrons. The maximum Gasteiger partial charge on any atom is 0.115 e. The zero-order valence-electron chi connectivity index (χ0n) is 18.0. The van der Waals surface area contributed by atoms with Gasteiger partial charge in [-0.15, -0.1) is 0 Å². The summed E-state index contributed by atoms with van der Waals surface area (Å²) in [5.74, 6) is 0.419. The molecule has 0 unspecified atom stereocenters. The van der Waals surface area contributed by atoms with Gasteiger partial charge in [0.25, 0.3) is 0 Å². The van der Waals surface area contributed by atoms with Crippen molar-refractivity contribution in [3.05, 3.63) is 29.3 Å². The van der Waals surface area contributed by atoms with Crippen molar-refractivity contribution in [1.29, 1.82) is 0 Å². The quantitative estimate of drug-likeness (QED) is 0.348. The fraction of sp³-hybridized carbons (Fsp3) is 0.760. The van der Waals surface area contributed by atoms with Gasteiger partial charge in [0.05, 0.1) is 0 Å². The van der Waals surface area contributed by atoms with Gasteiger partial charge >= 0.3 is 0 Å². The molecule has 2 heteroatoms. The van der Waals surface area contributed by atoms with Crippen LogP contribution >= 0.6 is 0 Å². The molecule has 0 aromatic heterocycles. The van der Waals surface area contributed by atoms with E-state index >= 15 is 0 Å². The van der Waals surface area contributed by atoms with Crippen LogP contribution in [0.3, 0.4) is 0 Å². The zero-order chi connectivity index (χ0) is 19.3. The summed E-state index contributed by atoms with van der Waals surface area (Å²) >= 11 is 0. The topological polar surface area (TPSA) is 23.5 Å². The molecule has 1 aliphatic rings. The van der Waals surface area contributed by atoms with Crippen LogP contribution in [0.4, 0.5) is 0 Å². The third kappa shape index (κ3) is 8.25. The van der Waals surface area contributed by atoms with Crippen LogP contribution in [-0.4, -0.2) is 22.6 Å². The van der Waals surface area contributed by atoms with Gasteiger partial charge in [-0.2, -0.15) is 0 Å². The van der Waals surface area contributed by atoms with E-state index < -0.39 is 0 Å². The first kappa shape index (κ1) is 22.3. The molecule has 0 fully saturated rings. The molecule has 1 N–H and O–H groups in total. The van der Waals surface area contributed by atoms with Gasteiger partial charge in [0.1, 0.15) is 5.75 Å². The van der Waals surface area contributed by atoms with Crippen LogP contribution in [0, 0.1) is 0 Å². The Morgan fingerprint density at radius 1 is 0.815 bits per heavy atom. The molecule has 27 heavy (non-hydrogen) atoms. The average Bonchev–Trinajstić information content (AvgIpc) is 2.67. The van der Waals surface area contributed by atoms with E-state index in [1.165, 1.54) is 108 Å². The van der Waals surface area contributed by atoms with E-state index in [-0.39, 0.29) is 0 Å². The lowest BCUT2D eigenvalue weighted by molar-refractivity contribution is 0.155. The number of fused-ring (bicyclic) bond motifs is 1. The molecular formula is C25H43NO. The highest BCUT2D eigenvalue weighted by molar-refractivity contribution is 5.36. The van der Waals surface area contributed by atoms with Crippen molar-refractivity contribution in [2.45, 2.75) is 116 Å².